The molecule has 24 heavy (non-hydrogen) atoms. The molecule has 0 radical (unpaired) electrons. The Balaban J connectivity index is 2.03. The predicted octanol–water partition coefficient (Wildman–Crippen LogP) is 0.787. The molecule has 6 nitrogen and oxygen atoms in total. The number of hydrogen-bond donors (Lipinski definition) is 1. The first kappa shape index (κ1) is 16.5. The molecular formula is C16H18BN3O3S. The van der Waals surface area contributed by atoms with Crippen LogP contribution in [0.5, 0.6) is 0 Å². The van der Waals surface area contributed by atoms with Gasteiger partial charge >= 0.3 is 7.05 Å². The van der Waals surface area contributed by atoms with E-state index in [4.69, 9.17) is 0 Å². The van der Waals surface area contributed by atoms with Crippen molar-refractivity contribution in [1.29, 1.82) is 0 Å². The second kappa shape index (κ2) is 5.96. The Hall–Kier alpha value is -2.32. The van der Waals surface area contributed by atoms with E-state index in [0.29, 0.717) is 11.0 Å². The Bertz CT molecular complexity index is 895. The van der Waals surface area contributed by atoms with Gasteiger partial charge in [-0.25, -0.2) is 8.42 Å². The molecule has 0 bridgehead atoms. The number of rotatable bonds is 3. The third kappa shape index (κ3) is 2.78. The van der Waals surface area contributed by atoms with Gasteiger partial charge in [-0.05, 0) is 42.2 Å². The molecule has 0 amide bonds. The highest BCUT2D eigenvalue weighted by atomic mass is 32.2. The van der Waals surface area contributed by atoms with Gasteiger partial charge in [-0.15, -0.1) is 0 Å². The first-order valence-corrected chi connectivity index (χ1v) is 8.89. The maximum atomic E-state index is 12.8. The first-order valence-electron chi connectivity index (χ1n) is 7.45. The van der Waals surface area contributed by atoms with Gasteiger partial charge in [0.05, 0.1) is 11.1 Å². The normalized spacial score (nSPS) is 13.8. The van der Waals surface area contributed by atoms with E-state index in [9.17, 15) is 13.4 Å². The molecule has 2 aromatic carbocycles. The fourth-order valence-corrected chi connectivity index (χ4v) is 3.74. The van der Waals surface area contributed by atoms with Crippen LogP contribution in [0.4, 0.5) is 5.69 Å². The summed E-state index contributed by atoms with van der Waals surface area (Å²) in [7, 11) is -1.54. The fourth-order valence-electron chi connectivity index (χ4n) is 2.49. The smallest absolute Gasteiger partial charge is 0.427 e. The zero-order valence-corrected chi connectivity index (χ0v) is 14.5. The number of hydrazone groups is 1. The number of anilines is 1. The number of fused-ring (bicyclic) bond motifs is 1. The molecule has 124 valence electrons. The lowest BCUT2D eigenvalue weighted by atomic mass is 9.71. The molecule has 8 heteroatoms. The highest BCUT2D eigenvalue weighted by Crippen LogP contribution is 2.21. The summed E-state index contributed by atoms with van der Waals surface area (Å²) in [5.41, 5.74) is 3.03. The lowest BCUT2D eigenvalue weighted by Gasteiger charge is -2.27. The average Bonchev–Trinajstić information content (AvgIpc) is 2.55. The van der Waals surface area contributed by atoms with E-state index in [1.165, 1.54) is 18.3 Å². The van der Waals surface area contributed by atoms with Crippen molar-refractivity contribution in [2.45, 2.75) is 11.8 Å². The van der Waals surface area contributed by atoms with Crippen molar-refractivity contribution < 1.29 is 13.4 Å². The minimum absolute atomic E-state index is 0.0940. The summed E-state index contributed by atoms with van der Waals surface area (Å²) >= 11 is 0. The molecule has 0 fully saturated rings. The zero-order valence-electron chi connectivity index (χ0n) is 13.7. The van der Waals surface area contributed by atoms with Gasteiger partial charge < -0.3 is 9.92 Å². The van der Waals surface area contributed by atoms with Gasteiger partial charge in [0.2, 0.25) is 0 Å². The summed E-state index contributed by atoms with van der Waals surface area (Å²) in [6, 6.07) is 11.9. The van der Waals surface area contributed by atoms with Gasteiger partial charge in [0.1, 0.15) is 0 Å². The third-order valence-corrected chi connectivity index (χ3v) is 5.60. The average molecular weight is 343 g/mol. The fraction of sp³-hybridized carbons (Fsp3) is 0.188. The van der Waals surface area contributed by atoms with Crippen molar-refractivity contribution >= 4 is 34.4 Å². The highest BCUT2D eigenvalue weighted by molar-refractivity contribution is 7.90. The van der Waals surface area contributed by atoms with E-state index in [0.717, 1.165) is 15.6 Å². The number of nitrogens with zero attached hydrogens (tertiary/aromatic N) is 3. The summed E-state index contributed by atoms with van der Waals surface area (Å²) in [4.78, 5) is 1.98. The molecular weight excluding hydrogens is 325 g/mol. The SMILES string of the molecule is Cc1ccc(S(=O)(=O)N2N=Cc3ccc(N(C)C)cc3B2O)cc1. The molecule has 0 aromatic heterocycles. The molecule has 0 atom stereocenters. The van der Waals surface area contributed by atoms with Crippen LogP contribution < -0.4 is 10.4 Å². The van der Waals surface area contributed by atoms with Crippen LogP contribution in [0.2, 0.25) is 0 Å². The summed E-state index contributed by atoms with van der Waals surface area (Å²) in [6.07, 6.45) is 1.45. The van der Waals surface area contributed by atoms with Gasteiger partial charge in [0.25, 0.3) is 10.0 Å². The largest absolute Gasteiger partial charge is 0.484 e. The number of hydrogen-bond acceptors (Lipinski definition) is 5. The van der Waals surface area contributed by atoms with Gasteiger partial charge in [-0.1, -0.05) is 23.8 Å². The molecule has 3 rings (SSSR count). The van der Waals surface area contributed by atoms with E-state index in [2.05, 4.69) is 5.10 Å². The van der Waals surface area contributed by atoms with Crippen molar-refractivity contribution in [2.24, 2.45) is 5.10 Å². The second-order valence-electron chi connectivity index (χ2n) is 5.92. The van der Waals surface area contributed by atoms with Crippen molar-refractivity contribution in [2.75, 3.05) is 19.0 Å². The quantitative estimate of drug-likeness (QED) is 0.837. The van der Waals surface area contributed by atoms with Crippen molar-refractivity contribution in [3.8, 4) is 0 Å². The standard InChI is InChI=1S/C16H18BN3O3S/c1-12-4-8-15(9-5-12)24(22,23)20-17(21)16-10-14(19(2)3)7-6-13(16)11-18-20/h4-11,21H,1-3H3. The Labute approximate surface area is 142 Å². The molecule has 2 aromatic rings. The van der Waals surface area contributed by atoms with Crippen LogP contribution in [-0.2, 0) is 10.0 Å². The molecule has 0 spiro atoms. The van der Waals surface area contributed by atoms with E-state index >= 15 is 0 Å². The molecule has 1 aliphatic rings. The van der Waals surface area contributed by atoms with Gasteiger partial charge in [0, 0.05) is 19.8 Å². The van der Waals surface area contributed by atoms with Gasteiger partial charge in [-0.2, -0.15) is 9.43 Å². The van der Waals surface area contributed by atoms with Crippen molar-refractivity contribution in [3.05, 3.63) is 53.6 Å². The minimum Gasteiger partial charge on any atom is -0.427 e. The Kier molecular flexibility index (Phi) is 4.10. The summed E-state index contributed by atoms with van der Waals surface area (Å²) in [6.45, 7) is 1.88. The minimum atomic E-state index is -3.93. The zero-order chi connectivity index (χ0) is 17.5. The van der Waals surface area contributed by atoms with Crippen LogP contribution >= 0.6 is 0 Å². The number of benzene rings is 2. The maximum absolute atomic E-state index is 12.8. The summed E-state index contributed by atoms with van der Waals surface area (Å²) in [5, 5.41) is 14.5. The number of aryl methyl sites for hydroxylation is 1. The molecule has 0 saturated carbocycles. The topological polar surface area (TPSA) is 73.2 Å². The molecule has 0 saturated heterocycles. The lowest BCUT2D eigenvalue weighted by Crippen LogP contribution is -2.52. The first-order chi connectivity index (χ1) is 11.3. The summed E-state index contributed by atoms with van der Waals surface area (Å²) in [5.74, 6) is 0. The monoisotopic (exact) mass is 343 g/mol. The Morgan fingerprint density at radius 1 is 1.12 bits per heavy atom. The third-order valence-electron chi connectivity index (χ3n) is 3.95. The summed E-state index contributed by atoms with van der Waals surface area (Å²) < 4.78 is 26.3. The van der Waals surface area contributed by atoms with Crippen LogP contribution in [-0.4, -0.2) is 45.1 Å². The molecule has 1 heterocycles. The Morgan fingerprint density at radius 3 is 2.42 bits per heavy atom. The second-order valence-corrected chi connectivity index (χ2v) is 7.71. The van der Waals surface area contributed by atoms with Crippen LogP contribution in [0, 0.1) is 6.92 Å². The van der Waals surface area contributed by atoms with E-state index < -0.39 is 17.1 Å². The lowest BCUT2D eigenvalue weighted by molar-refractivity contribution is 0.476. The van der Waals surface area contributed by atoms with Crippen LogP contribution in [0.3, 0.4) is 0 Å². The Morgan fingerprint density at radius 2 is 1.79 bits per heavy atom. The predicted molar refractivity (Wildman–Crippen MR) is 96.2 cm³/mol. The van der Waals surface area contributed by atoms with Crippen LogP contribution in [0.25, 0.3) is 0 Å². The van der Waals surface area contributed by atoms with Gasteiger partial charge in [0.15, 0.2) is 0 Å². The van der Waals surface area contributed by atoms with Gasteiger partial charge in [-0.3, -0.25) is 0 Å². The maximum Gasteiger partial charge on any atom is 0.484 e. The highest BCUT2D eigenvalue weighted by Gasteiger charge is 2.38. The van der Waals surface area contributed by atoms with Crippen molar-refractivity contribution in [3.63, 3.8) is 0 Å². The van der Waals surface area contributed by atoms with E-state index in [1.54, 1.807) is 18.2 Å². The molecule has 1 N–H and O–H groups in total. The number of sulfonamides is 1. The molecule has 0 aliphatic carbocycles. The molecule has 0 unspecified atom stereocenters. The van der Waals surface area contributed by atoms with Crippen LogP contribution in [0.15, 0.2) is 52.5 Å². The van der Waals surface area contributed by atoms with Crippen molar-refractivity contribution in [1.82, 2.24) is 4.33 Å². The van der Waals surface area contributed by atoms with E-state index in [1.807, 2.05) is 38.1 Å². The van der Waals surface area contributed by atoms with Crippen LogP contribution in [0.1, 0.15) is 11.1 Å². The van der Waals surface area contributed by atoms with E-state index in [-0.39, 0.29) is 4.90 Å². The molecule has 1 aliphatic heterocycles.